The number of nitrogens with one attached hydrogen (secondary N) is 1. The summed E-state index contributed by atoms with van der Waals surface area (Å²) in [4.78, 5) is 14.9. The molecular formula is C8H11N3O. The fraction of sp³-hybridized carbons (Fsp3) is 0.250. The molecule has 1 atom stereocenters. The summed E-state index contributed by atoms with van der Waals surface area (Å²) < 4.78 is 0. The first-order valence-corrected chi connectivity index (χ1v) is 3.66. The number of rotatable bonds is 2. The van der Waals surface area contributed by atoms with Gasteiger partial charge in [-0.05, 0) is 19.1 Å². The van der Waals surface area contributed by atoms with Crippen molar-refractivity contribution >= 4 is 11.6 Å². The lowest BCUT2D eigenvalue weighted by Crippen LogP contribution is -2.32. The van der Waals surface area contributed by atoms with E-state index in [0.717, 1.165) is 0 Å². The van der Waals surface area contributed by atoms with E-state index >= 15 is 0 Å². The number of aromatic nitrogens is 1. The Bertz CT molecular complexity index is 258. The minimum atomic E-state index is -0.488. The van der Waals surface area contributed by atoms with Crippen LogP contribution in [0.4, 0.5) is 5.69 Å². The molecule has 1 rings (SSSR count). The van der Waals surface area contributed by atoms with E-state index in [1.807, 2.05) is 0 Å². The maximum atomic E-state index is 11.1. The van der Waals surface area contributed by atoms with E-state index < -0.39 is 6.04 Å². The molecule has 4 nitrogen and oxygen atoms in total. The molecule has 0 aliphatic heterocycles. The summed E-state index contributed by atoms with van der Waals surface area (Å²) in [7, 11) is 0. The number of nitrogens with zero attached hydrogens (tertiary/aromatic N) is 1. The van der Waals surface area contributed by atoms with Gasteiger partial charge in [0, 0.05) is 18.1 Å². The van der Waals surface area contributed by atoms with Gasteiger partial charge in [-0.2, -0.15) is 0 Å². The van der Waals surface area contributed by atoms with Gasteiger partial charge < -0.3 is 11.1 Å². The highest BCUT2D eigenvalue weighted by molar-refractivity contribution is 5.94. The normalized spacial score (nSPS) is 12.2. The van der Waals surface area contributed by atoms with E-state index in [2.05, 4.69) is 10.3 Å². The second-order valence-electron chi connectivity index (χ2n) is 2.51. The van der Waals surface area contributed by atoms with Gasteiger partial charge in [-0.15, -0.1) is 0 Å². The van der Waals surface area contributed by atoms with Crippen LogP contribution >= 0.6 is 0 Å². The quantitative estimate of drug-likeness (QED) is 0.665. The van der Waals surface area contributed by atoms with Crippen molar-refractivity contribution in [3.63, 3.8) is 0 Å². The molecule has 0 aliphatic carbocycles. The SMILES string of the molecule is CC(N)C(=O)Nc1ccncc1. The topological polar surface area (TPSA) is 68.0 Å². The summed E-state index contributed by atoms with van der Waals surface area (Å²) in [5.74, 6) is -0.193. The number of pyridine rings is 1. The van der Waals surface area contributed by atoms with E-state index in [1.165, 1.54) is 0 Å². The highest BCUT2D eigenvalue weighted by Crippen LogP contribution is 2.02. The Morgan fingerprint density at radius 2 is 2.17 bits per heavy atom. The third-order valence-corrected chi connectivity index (χ3v) is 1.36. The van der Waals surface area contributed by atoms with Crippen molar-refractivity contribution in [2.75, 3.05) is 5.32 Å². The standard InChI is InChI=1S/C8H11N3O/c1-6(9)8(12)11-7-2-4-10-5-3-7/h2-6H,9H2,1H3,(H,10,11,12). The van der Waals surface area contributed by atoms with Crippen LogP contribution < -0.4 is 11.1 Å². The second-order valence-corrected chi connectivity index (χ2v) is 2.51. The van der Waals surface area contributed by atoms with Gasteiger partial charge in [0.2, 0.25) is 5.91 Å². The van der Waals surface area contributed by atoms with E-state index in [4.69, 9.17) is 5.73 Å². The summed E-state index contributed by atoms with van der Waals surface area (Å²) in [6.07, 6.45) is 3.22. The number of anilines is 1. The van der Waals surface area contributed by atoms with Crippen LogP contribution in [0.15, 0.2) is 24.5 Å². The Morgan fingerprint density at radius 1 is 1.58 bits per heavy atom. The van der Waals surface area contributed by atoms with Crippen LogP contribution in [-0.4, -0.2) is 16.9 Å². The van der Waals surface area contributed by atoms with Gasteiger partial charge in [-0.1, -0.05) is 0 Å². The lowest BCUT2D eigenvalue weighted by Gasteiger charge is -2.06. The van der Waals surface area contributed by atoms with Crippen molar-refractivity contribution in [3.05, 3.63) is 24.5 Å². The zero-order valence-corrected chi connectivity index (χ0v) is 6.82. The largest absolute Gasteiger partial charge is 0.325 e. The highest BCUT2D eigenvalue weighted by atomic mass is 16.2. The Labute approximate surface area is 70.8 Å². The van der Waals surface area contributed by atoms with Gasteiger partial charge in [-0.25, -0.2) is 0 Å². The molecule has 64 valence electrons. The third-order valence-electron chi connectivity index (χ3n) is 1.36. The lowest BCUT2D eigenvalue weighted by molar-refractivity contribution is -0.117. The van der Waals surface area contributed by atoms with E-state index in [1.54, 1.807) is 31.5 Å². The molecule has 1 amide bonds. The van der Waals surface area contributed by atoms with Gasteiger partial charge in [0.1, 0.15) is 0 Å². The maximum absolute atomic E-state index is 11.1. The first-order chi connectivity index (χ1) is 5.70. The third kappa shape index (κ3) is 2.32. The molecule has 0 aromatic carbocycles. The molecule has 0 saturated heterocycles. The maximum Gasteiger partial charge on any atom is 0.241 e. The molecule has 0 bridgehead atoms. The predicted octanol–water partition coefficient (Wildman–Crippen LogP) is 0.367. The molecule has 0 spiro atoms. The number of hydrogen-bond donors (Lipinski definition) is 2. The molecule has 0 fully saturated rings. The van der Waals surface area contributed by atoms with Gasteiger partial charge >= 0.3 is 0 Å². The van der Waals surface area contributed by atoms with Gasteiger partial charge in [0.05, 0.1) is 6.04 Å². The minimum Gasteiger partial charge on any atom is -0.325 e. The van der Waals surface area contributed by atoms with Crippen molar-refractivity contribution in [1.29, 1.82) is 0 Å². The fourth-order valence-electron chi connectivity index (χ4n) is 0.691. The van der Waals surface area contributed by atoms with Crippen molar-refractivity contribution in [1.82, 2.24) is 4.98 Å². The average Bonchev–Trinajstić information content (AvgIpc) is 2.06. The molecule has 3 N–H and O–H groups in total. The van der Waals surface area contributed by atoms with Crippen molar-refractivity contribution in [2.24, 2.45) is 5.73 Å². The van der Waals surface area contributed by atoms with Gasteiger partial charge in [-0.3, -0.25) is 9.78 Å². The lowest BCUT2D eigenvalue weighted by atomic mass is 10.3. The molecule has 1 aromatic heterocycles. The Kier molecular flexibility index (Phi) is 2.76. The minimum absolute atomic E-state index is 0.193. The van der Waals surface area contributed by atoms with Crippen LogP contribution in [0.1, 0.15) is 6.92 Å². The van der Waals surface area contributed by atoms with E-state index in [9.17, 15) is 4.79 Å². The van der Waals surface area contributed by atoms with Crippen LogP contribution in [0.5, 0.6) is 0 Å². The molecule has 4 heteroatoms. The zero-order chi connectivity index (χ0) is 8.97. The molecule has 1 aromatic rings. The molecule has 1 unspecified atom stereocenters. The summed E-state index contributed by atoms with van der Waals surface area (Å²) in [5, 5.41) is 2.64. The smallest absolute Gasteiger partial charge is 0.241 e. The Hall–Kier alpha value is -1.42. The molecule has 1 heterocycles. The predicted molar refractivity (Wildman–Crippen MR) is 46.5 cm³/mol. The summed E-state index contributed by atoms with van der Waals surface area (Å²) >= 11 is 0. The first kappa shape index (κ1) is 8.67. The molecule has 0 radical (unpaired) electrons. The van der Waals surface area contributed by atoms with E-state index in [-0.39, 0.29) is 5.91 Å². The van der Waals surface area contributed by atoms with Crippen LogP contribution in [0.25, 0.3) is 0 Å². The molecule has 12 heavy (non-hydrogen) atoms. The number of hydrogen-bond acceptors (Lipinski definition) is 3. The van der Waals surface area contributed by atoms with Gasteiger partial charge in [0.25, 0.3) is 0 Å². The van der Waals surface area contributed by atoms with E-state index in [0.29, 0.717) is 5.69 Å². The fourth-order valence-corrected chi connectivity index (χ4v) is 0.691. The summed E-state index contributed by atoms with van der Waals surface area (Å²) in [6.45, 7) is 1.64. The van der Waals surface area contributed by atoms with Crippen LogP contribution in [0.2, 0.25) is 0 Å². The average molecular weight is 165 g/mol. The summed E-state index contributed by atoms with van der Waals surface area (Å²) in [5.41, 5.74) is 6.07. The van der Waals surface area contributed by atoms with Crippen molar-refractivity contribution in [2.45, 2.75) is 13.0 Å². The Morgan fingerprint density at radius 3 is 2.67 bits per heavy atom. The monoisotopic (exact) mass is 165 g/mol. The van der Waals surface area contributed by atoms with Gasteiger partial charge in [0.15, 0.2) is 0 Å². The second kappa shape index (κ2) is 3.82. The highest BCUT2D eigenvalue weighted by Gasteiger charge is 2.05. The number of carbonyl (C=O) groups excluding carboxylic acids is 1. The first-order valence-electron chi connectivity index (χ1n) is 3.66. The number of carbonyl (C=O) groups is 1. The molecule has 0 saturated carbocycles. The molecule has 0 aliphatic rings. The summed E-state index contributed by atoms with van der Waals surface area (Å²) in [6, 6.07) is 2.93. The number of amides is 1. The van der Waals surface area contributed by atoms with Crippen LogP contribution in [-0.2, 0) is 4.79 Å². The Balaban J connectivity index is 2.59. The van der Waals surface area contributed by atoms with Crippen LogP contribution in [0, 0.1) is 0 Å². The molecular weight excluding hydrogens is 154 g/mol. The zero-order valence-electron chi connectivity index (χ0n) is 6.82. The van der Waals surface area contributed by atoms with Crippen molar-refractivity contribution < 1.29 is 4.79 Å². The van der Waals surface area contributed by atoms with Crippen molar-refractivity contribution in [3.8, 4) is 0 Å². The number of nitrogens with two attached hydrogens (primary N) is 1. The van der Waals surface area contributed by atoms with Crippen LogP contribution in [0.3, 0.4) is 0 Å².